The van der Waals surface area contributed by atoms with E-state index in [1.807, 2.05) is 35.1 Å². The maximum Gasteiger partial charge on any atom is 0.162 e. The number of nitrogens with zero attached hydrogens (tertiary/aromatic N) is 5. The van der Waals surface area contributed by atoms with E-state index >= 15 is 0 Å². The summed E-state index contributed by atoms with van der Waals surface area (Å²) in [6.07, 6.45) is 4.40. The molecule has 1 aliphatic rings. The highest BCUT2D eigenvalue weighted by atomic mass is 35.5. The molecule has 0 radical (unpaired) electrons. The normalized spacial score (nSPS) is 15.0. The van der Waals surface area contributed by atoms with Crippen molar-refractivity contribution in [3.05, 3.63) is 70.4 Å². The number of halogens is 1. The van der Waals surface area contributed by atoms with Gasteiger partial charge in [-0.25, -0.2) is 4.98 Å². The molecule has 0 spiro atoms. The summed E-state index contributed by atoms with van der Waals surface area (Å²) in [4.78, 5) is 12.4. The molecule has 4 aromatic rings. The van der Waals surface area contributed by atoms with E-state index in [1.165, 1.54) is 11.1 Å². The van der Waals surface area contributed by atoms with Gasteiger partial charge in [0.15, 0.2) is 11.5 Å². The van der Waals surface area contributed by atoms with E-state index in [4.69, 9.17) is 26.2 Å². The van der Waals surface area contributed by atoms with Crippen LogP contribution in [0.1, 0.15) is 22.5 Å². The van der Waals surface area contributed by atoms with Gasteiger partial charge in [-0.3, -0.25) is 9.58 Å². The number of rotatable bonds is 9. The highest BCUT2D eigenvalue weighted by molar-refractivity contribution is 6.31. The highest BCUT2D eigenvalue weighted by Gasteiger charge is 2.20. The molecule has 2 aromatic carbocycles. The second kappa shape index (κ2) is 10.9. The standard InChI is InChI=1S/C27H33ClN6O2/c1-19-20(5-4-6-23(19)28)16-33-11-9-32(10-12-33)8-7-24-22-13-26(35-2)27(36-3)14-25(22)34(31-24)17-21-15-29-18-30-21/h4-6,13-15,18H,7-12,16-17H2,1-3H3,(H,29,30). The fourth-order valence-electron chi connectivity index (χ4n) is 4.90. The minimum absolute atomic E-state index is 0.619. The Labute approximate surface area is 216 Å². The van der Waals surface area contributed by atoms with Crippen LogP contribution in [0.4, 0.5) is 0 Å². The number of benzene rings is 2. The summed E-state index contributed by atoms with van der Waals surface area (Å²) in [5.74, 6) is 1.42. The Hall–Kier alpha value is -3.07. The molecule has 5 rings (SSSR count). The van der Waals surface area contributed by atoms with Gasteiger partial charge in [0.1, 0.15) is 0 Å². The van der Waals surface area contributed by atoms with Crippen LogP contribution in [0, 0.1) is 6.92 Å². The first-order chi connectivity index (χ1) is 17.6. The molecule has 1 N–H and O–H groups in total. The maximum absolute atomic E-state index is 6.32. The average molecular weight is 509 g/mol. The van der Waals surface area contributed by atoms with Crippen LogP contribution < -0.4 is 9.47 Å². The molecule has 0 amide bonds. The Bertz CT molecular complexity index is 1310. The molecule has 2 aromatic heterocycles. The zero-order valence-electron chi connectivity index (χ0n) is 21.1. The van der Waals surface area contributed by atoms with Crippen molar-refractivity contribution in [2.24, 2.45) is 0 Å². The smallest absolute Gasteiger partial charge is 0.162 e. The van der Waals surface area contributed by atoms with Gasteiger partial charge in [0.2, 0.25) is 0 Å². The van der Waals surface area contributed by atoms with Gasteiger partial charge in [-0.15, -0.1) is 0 Å². The molecule has 8 nitrogen and oxygen atoms in total. The van der Waals surface area contributed by atoms with Gasteiger partial charge in [0.25, 0.3) is 0 Å². The van der Waals surface area contributed by atoms with Gasteiger partial charge >= 0.3 is 0 Å². The number of aromatic amines is 1. The first-order valence-corrected chi connectivity index (χ1v) is 12.7. The fourth-order valence-corrected chi connectivity index (χ4v) is 5.10. The first-order valence-electron chi connectivity index (χ1n) is 12.3. The SMILES string of the molecule is COc1cc2c(CCN3CCN(Cc4cccc(Cl)c4C)CC3)nn(Cc3cnc[nH]3)c2cc1OC. The second-order valence-electron chi connectivity index (χ2n) is 9.30. The van der Waals surface area contributed by atoms with E-state index in [1.54, 1.807) is 20.5 Å². The number of methoxy groups -OCH3 is 2. The van der Waals surface area contributed by atoms with Crippen molar-refractivity contribution < 1.29 is 9.47 Å². The predicted octanol–water partition coefficient (Wildman–Crippen LogP) is 4.15. The molecule has 3 heterocycles. The third kappa shape index (κ3) is 5.21. The second-order valence-corrected chi connectivity index (χ2v) is 9.70. The number of piperazine rings is 1. The monoisotopic (exact) mass is 508 g/mol. The van der Waals surface area contributed by atoms with E-state index in [0.29, 0.717) is 12.3 Å². The lowest BCUT2D eigenvalue weighted by atomic mass is 10.1. The Morgan fingerprint density at radius 1 is 1.00 bits per heavy atom. The number of imidazole rings is 1. The van der Waals surface area contributed by atoms with Crippen LogP contribution in [-0.2, 0) is 19.5 Å². The lowest BCUT2D eigenvalue weighted by Crippen LogP contribution is -2.46. The lowest BCUT2D eigenvalue weighted by molar-refractivity contribution is 0.128. The average Bonchev–Trinajstić information content (AvgIpc) is 3.53. The van der Waals surface area contributed by atoms with Crippen molar-refractivity contribution in [2.45, 2.75) is 26.4 Å². The number of aromatic nitrogens is 4. The molecule has 0 aliphatic carbocycles. The molecule has 1 aliphatic heterocycles. The zero-order chi connectivity index (χ0) is 25.1. The van der Waals surface area contributed by atoms with Crippen molar-refractivity contribution in [3.63, 3.8) is 0 Å². The topological polar surface area (TPSA) is 71.4 Å². The fraction of sp³-hybridized carbons (Fsp3) is 0.407. The molecule has 0 bridgehead atoms. The van der Waals surface area contributed by atoms with E-state index < -0.39 is 0 Å². The van der Waals surface area contributed by atoms with Crippen LogP contribution in [0.3, 0.4) is 0 Å². The number of ether oxygens (including phenoxy) is 2. The Morgan fingerprint density at radius 3 is 2.47 bits per heavy atom. The molecular weight excluding hydrogens is 476 g/mol. The van der Waals surface area contributed by atoms with E-state index in [0.717, 1.165) is 78.8 Å². The third-order valence-corrected chi connectivity index (χ3v) is 7.52. The van der Waals surface area contributed by atoms with Gasteiger partial charge < -0.3 is 19.4 Å². The summed E-state index contributed by atoms with van der Waals surface area (Å²) < 4.78 is 13.2. The van der Waals surface area contributed by atoms with Gasteiger partial charge in [0.05, 0.1) is 44.0 Å². The summed E-state index contributed by atoms with van der Waals surface area (Å²) in [6, 6.07) is 10.2. The van der Waals surface area contributed by atoms with Crippen LogP contribution in [0.15, 0.2) is 42.9 Å². The number of hydrogen-bond acceptors (Lipinski definition) is 6. The van der Waals surface area contributed by atoms with Crippen molar-refractivity contribution in [1.29, 1.82) is 0 Å². The molecule has 1 fully saturated rings. The predicted molar refractivity (Wildman–Crippen MR) is 142 cm³/mol. The third-order valence-electron chi connectivity index (χ3n) is 7.11. The molecule has 1 saturated heterocycles. The number of fused-ring (bicyclic) bond motifs is 1. The van der Waals surface area contributed by atoms with Gasteiger partial charge in [-0.2, -0.15) is 5.10 Å². The molecular formula is C27H33ClN6O2. The number of H-pyrrole nitrogens is 1. The van der Waals surface area contributed by atoms with Crippen molar-refractivity contribution in [1.82, 2.24) is 29.5 Å². The minimum atomic E-state index is 0.619. The minimum Gasteiger partial charge on any atom is -0.493 e. The Morgan fingerprint density at radius 2 is 1.75 bits per heavy atom. The quantitative estimate of drug-likeness (QED) is 0.366. The number of hydrogen-bond donors (Lipinski definition) is 1. The summed E-state index contributed by atoms with van der Waals surface area (Å²) in [7, 11) is 3.33. The van der Waals surface area contributed by atoms with Crippen molar-refractivity contribution >= 4 is 22.5 Å². The van der Waals surface area contributed by atoms with E-state index in [9.17, 15) is 0 Å². The van der Waals surface area contributed by atoms with Gasteiger partial charge in [0, 0.05) is 68.4 Å². The summed E-state index contributed by atoms with van der Waals surface area (Å²) in [5.41, 5.74) is 5.61. The zero-order valence-corrected chi connectivity index (χ0v) is 21.9. The Kier molecular flexibility index (Phi) is 7.46. The lowest BCUT2D eigenvalue weighted by Gasteiger charge is -2.35. The first kappa shape index (κ1) is 24.6. The van der Waals surface area contributed by atoms with Crippen LogP contribution in [0.25, 0.3) is 10.9 Å². The number of nitrogens with one attached hydrogen (secondary N) is 1. The Balaban J connectivity index is 1.27. The van der Waals surface area contributed by atoms with Crippen LogP contribution >= 0.6 is 11.6 Å². The van der Waals surface area contributed by atoms with Crippen LogP contribution in [-0.4, -0.2) is 76.5 Å². The summed E-state index contributed by atoms with van der Waals surface area (Å²) >= 11 is 6.32. The molecule has 0 saturated carbocycles. The largest absolute Gasteiger partial charge is 0.493 e. The molecule has 0 atom stereocenters. The maximum atomic E-state index is 6.32. The van der Waals surface area contributed by atoms with Gasteiger partial charge in [-0.1, -0.05) is 23.7 Å². The van der Waals surface area contributed by atoms with Gasteiger partial charge in [-0.05, 0) is 30.2 Å². The molecule has 9 heteroatoms. The molecule has 0 unspecified atom stereocenters. The molecule has 36 heavy (non-hydrogen) atoms. The molecule has 190 valence electrons. The van der Waals surface area contributed by atoms with E-state index in [2.05, 4.69) is 32.8 Å². The van der Waals surface area contributed by atoms with Crippen LogP contribution in [0.2, 0.25) is 5.02 Å². The van der Waals surface area contributed by atoms with Crippen molar-refractivity contribution in [3.8, 4) is 11.5 Å². The summed E-state index contributed by atoms with van der Waals surface area (Å²) in [5, 5.41) is 6.94. The van der Waals surface area contributed by atoms with Crippen LogP contribution in [0.5, 0.6) is 11.5 Å². The summed E-state index contributed by atoms with van der Waals surface area (Å²) in [6.45, 7) is 8.83. The van der Waals surface area contributed by atoms with E-state index in [-0.39, 0.29) is 0 Å². The highest BCUT2D eigenvalue weighted by Crippen LogP contribution is 2.34. The van der Waals surface area contributed by atoms with Crippen molar-refractivity contribution in [2.75, 3.05) is 46.9 Å².